The molecule has 0 aromatic heterocycles. The van der Waals surface area contributed by atoms with E-state index < -0.39 is 23.3 Å². The zero-order chi connectivity index (χ0) is 26.2. The van der Waals surface area contributed by atoms with E-state index in [1.54, 1.807) is 0 Å². The molecule has 8 heteroatoms. The van der Waals surface area contributed by atoms with Crippen molar-refractivity contribution in [3.8, 4) is 5.75 Å². The Hall–Kier alpha value is -3.55. The summed E-state index contributed by atoms with van der Waals surface area (Å²) in [6.07, 6.45) is -4.61. The number of carboxylic acids is 1. The summed E-state index contributed by atoms with van der Waals surface area (Å²) in [7, 11) is 0. The Morgan fingerprint density at radius 3 is 2.50 bits per heavy atom. The van der Waals surface area contributed by atoms with E-state index in [9.17, 15) is 23.1 Å². The second-order valence-electron chi connectivity index (χ2n) is 9.37. The Kier molecular flexibility index (Phi) is 7.99. The van der Waals surface area contributed by atoms with Crippen LogP contribution in [0.2, 0.25) is 0 Å². The van der Waals surface area contributed by atoms with Crippen molar-refractivity contribution >= 4 is 29.1 Å². The second kappa shape index (κ2) is 11.1. The molecule has 0 saturated heterocycles. The topological polar surface area (TPSA) is 58.6 Å². The molecule has 4 nitrogen and oxygen atoms in total. The minimum atomic E-state index is -4.77. The molecular weight excluding hydrogens is 515 g/mol. The van der Waals surface area contributed by atoms with Crippen LogP contribution >= 0.6 is 12.4 Å². The highest BCUT2D eigenvalue weighted by atomic mass is 35.5. The van der Waals surface area contributed by atoms with E-state index in [4.69, 9.17) is 4.74 Å². The fourth-order valence-electron chi connectivity index (χ4n) is 5.18. The van der Waals surface area contributed by atoms with Gasteiger partial charge in [0.05, 0.1) is 11.1 Å². The number of benzene rings is 4. The van der Waals surface area contributed by atoms with E-state index in [2.05, 4.69) is 36.5 Å². The molecule has 0 saturated carbocycles. The van der Waals surface area contributed by atoms with Gasteiger partial charge in [0.25, 0.3) is 0 Å². The zero-order valence-electron chi connectivity index (χ0n) is 20.5. The third-order valence-corrected chi connectivity index (χ3v) is 7.01. The zero-order valence-corrected chi connectivity index (χ0v) is 21.4. The van der Waals surface area contributed by atoms with Crippen LogP contribution in [0.1, 0.15) is 57.9 Å². The lowest BCUT2D eigenvalue weighted by Gasteiger charge is -2.34. The maximum atomic E-state index is 13.7. The van der Waals surface area contributed by atoms with Crippen molar-refractivity contribution < 1.29 is 27.8 Å². The lowest BCUT2D eigenvalue weighted by molar-refractivity contribution is -0.138. The maximum Gasteiger partial charge on any atom is 0.417 e. The number of hydrogen-bond donors (Lipinski definition) is 2. The van der Waals surface area contributed by atoms with Crippen LogP contribution in [0, 0.1) is 0 Å². The van der Waals surface area contributed by atoms with Crippen molar-refractivity contribution in [2.45, 2.75) is 37.6 Å². The van der Waals surface area contributed by atoms with Crippen LogP contribution in [0.3, 0.4) is 0 Å². The minimum Gasteiger partial charge on any atom is -0.489 e. The molecule has 0 amide bonds. The Bertz CT molecular complexity index is 1450. The Morgan fingerprint density at radius 2 is 1.74 bits per heavy atom. The Labute approximate surface area is 224 Å². The summed E-state index contributed by atoms with van der Waals surface area (Å²) in [5.74, 6) is -1.34. The quantitative estimate of drug-likeness (QED) is 0.264. The first-order chi connectivity index (χ1) is 17.7. The van der Waals surface area contributed by atoms with E-state index in [1.165, 1.54) is 6.07 Å². The first kappa shape index (κ1) is 27.5. The molecule has 198 valence electrons. The number of carboxylic acid groups (broad SMARTS) is 1. The summed E-state index contributed by atoms with van der Waals surface area (Å²) in [5.41, 5.74) is 0.474. The van der Waals surface area contributed by atoms with Crippen molar-refractivity contribution in [1.29, 1.82) is 0 Å². The predicted molar refractivity (Wildman–Crippen MR) is 143 cm³/mol. The van der Waals surface area contributed by atoms with Crippen LogP contribution < -0.4 is 10.1 Å². The first-order valence-corrected chi connectivity index (χ1v) is 12.1. The van der Waals surface area contributed by atoms with Gasteiger partial charge < -0.3 is 15.2 Å². The molecule has 3 atom stereocenters. The first-order valence-electron chi connectivity index (χ1n) is 12.1. The Morgan fingerprint density at radius 1 is 1.03 bits per heavy atom. The highest BCUT2D eigenvalue weighted by molar-refractivity contribution is 5.90. The molecule has 5 rings (SSSR count). The van der Waals surface area contributed by atoms with E-state index in [1.807, 2.05) is 42.5 Å². The third kappa shape index (κ3) is 5.49. The fraction of sp³-hybridized carbons (Fsp3) is 0.233. The van der Waals surface area contributed by atoms with Crippen molar-refractivity contribution in [3.05, 3.63) is 113 Å². The minimum absolute atomic E-state index is 0. The van der Waals surface area contributed by atoms with Gasteiger partial charge >= 0.3 is 12.1 Å². The lowest BCUT2D eigenvalue weighted by Crippen LogP contribution is -2.37. The second-order valence-corrected chi connectivity index (χ2v) is 9.37. The number of rotatable bonds is 6. The van der Waals surface area contributed by atoms with Crippen molar-refractivity contribution in [2.24, 2.45) is 0 Å². The molecule has 0 fully saturated rings. The number of alkyl halides is 3. The number of hydrogen-bond acceptors (Lipinski definition) is 3. The fourth-order valence-corrected chi connectivity index (χ4v) is 5.18. The van der Waals surface area contributed by atoms with Crippen molar-refractivity contribution in [2.75, 3.05) is 6.54 Å². The number of halogens is 4. The number of aromatic carboxylic acids is 1. The van der Waals surface area contributed by atoms with E-state index in [0.717, 1.165) is 34.0 Å². The lowest BCUT2D eigenvalue weighted by atomic mass is 9.83. The summed E-state index contributed by atoms with van der Waals surface area (Å²) in [6.45, 7) is 2.57. The molecule has 38 heavy (non-hydrogen) atoms. The van der Waals surface area contributed by atoms with Crippen LogP contribution in [-0.2, 0) is 6.18 Å². The van der Waals surface area contributed by atoms with Gasteiger partial charge in [-0.05, 0) is 53.4 Å². The molecule has 0 radical (unpaired) electrons. The van der Waals surface area contributed by atoms with Gasteiger partial charge in [-0.3, -0.25) is 0 Å². The Balaban J connectivity index is 0.00000336. The molecule has 4 aromatic carbocycles. The summed E-state index contributed by atoms with van der Waals surface area (Å²) < 4.78 is 47.4. The van der Waals surface area contributed by atoms with E-state index in [-0.39, 0.29) is 30.5 Å². The molecule has 1 unspecified atom stereocenters. The van der Waals surface area contributed by atoms with E-state index >= 15 is 0 Å². The average Bonchev–Trinajstić information content (AvgIpc) is 2.90. The van der Waals surface area contributed by atoms with Gasteiger partial charge in [0.1, 0.15) is 11.9 Å². The predicted octanol–water partition coefficient (Wildman–Crippen LogP) is 7.61. The molecule has 1 aliphatic heterocycles. The van der Waals surface area contributed by atoms with Crippen molar-refractivity contribution in [3.63, 3.8) is 0 Å². The smallest absolute Gasteiger partial charge is 0.417 e. The molecule has 1 aliphatic rings. The summed E-state index contributed by atoms with van der Waals surface area (Å²) in [6, 6.07) is 25.2. The van der Waals surface area contributed by atoms with Gasteiger partial charge in [-0.1, -0.05) is 66.7 Å². The number of fused-ring (bicyclic) bond motifs is 2. The number of nitrogens with one attached hydrogen (secondary N) is 1. The molecule has 0 aliphatic carbocycles. The number of para-hydroxylation sites is 1. The van der Waals surface area contributed by atoms with Gasteiger partial charge in [-0.15, -0.1) is 12.4 Å². The van der Waals surface area contributed by atoms with Crippen LogP contribution in [-0.4, -0.2) is 23.7 Å². The molecular formula is C30H27ClF3NO3. The van der Waals surface area contributed by atoms with Crippen molar-refractivity contribution in [1.82, 2.24) is 5.32 Å². The molecule has 4 aromatic rings. The molecule has 0 bridgehead atoms. The highest BCUT2D eigenvalue weighted by Gasteiger charge is 2.37. The van der Waals surface area contributed by atoms with Gasteiger partial charge in [0.2, 0.25) is 0 Å². The molecule has 1 heterocycles. The van der Waals surface area contributed by atoms with Crippen LogP contribution in [0.25, 0.3) is 10.8 Å². The summed E-state index contributed by atoms with van der Waals surface area (Å²) >= 11 is 0. The molecule has 2 N–H and O–H groups in total. The number of ether oxygens (including phenoxy) is 1. The van der Waals surface area contributed by atoms with Gasteiger partial charge in [-0.2, -0.15) is 13.2 Å². The summed E-state index contributed by atoms with van der Waals surface area (Å²) in [4.78, 5) is 11.4. The maximum absolute atomic E-state index is 13.7. The largest absolute Gasteiger partial charge is 0.489 e. The SMILES string of the molecule is CC(NC[C@H]1C[C@@H](c2ccc(C(=O)O)c(C(F)(F)F)c2)c2ccccc2O1)c1cccc2ccccc12.Cl. The standard InChI is InChI=1S/C30H26F3NO3.ClH/c1-18(22-11-6-8-19-7-2-3-9-23(19)22)34-17-21-16-26(24-10-4-5-12-28(24)37-21)20-13-14-25(29(35)36)27(15-20)30(31,32)33;/h2-15,18,21,26,34H,16-17H2,1H3,(H,35,36);1H/t18?,21-,26+;/m1./s1. The normalized spacial score (nSPS) is 17.7. The monoisotopic (exact) mass is 541 g/mol. The average molecular weight is 542 g/mol. The van der Waals surface area contributed by atoms with Gasteiger partial charge in [-0.25, -0.2) is 4.79 Å². The van der Waals surface area contributed by atoms with Crippen LogP contribution in [0.4, 0.5) is 13.2 Å². The van der Waals surface area contributed by atoms with Gasteiger partial charge in [0.15, 0.2) is 0 Å². The third-order valence-electron chi connectivity index (χ3n) is 7.01. The number of carbonyl (C=O) groups is 1. The van der Waals surface area contributed by atoms with E-state index in [0.29, 0.717) is 24.3 Å². The molecule has 0 spiro atoms. The summed E-state index contributed by atoms with van der Waals surface area (Å²) in [5, 5.41) is 15.1. The van der Waals surface area contributed by atoms with Gasteiger partial charge in [0, 0.05) is 24.1 Å². The van der Waals surface area contributed by atoms with Crippen LogP contribution in [0.15, 0.2) is 84.9 Å². The highest BCUT2D eigenvalue weighted by Crippen LogP contribution is 2.42. The van der Waals surface area contributed by atoms with Crippen LogP contribution in [0.5, 0.6) is 5.75 Å².